The fraction of sp³-hybridized carbons (Fsp3) is 0.192. The minimum atomic E-state index is -1.01. The number of amides is 2. The van der Waals surface area contributed by atoms with Crippen molar-refractivity contribution >= 4 is 18.1 Å². The highest BCUT2D eigenvalue weighted by molar-refractivity contribution is 5.87. The highest BCUT2D eigenvalue weighted by Gasteiger charge is 2.30. The van der Waals surface area contributed by atoms with E-state index in [4.69, 9.17) is 4.74 Å². The lowest BCUT2D eigenvalue weighted by molar-refractivity contribution is -0.123. The maximum absolute atomic E-state index is 12.8. The molecule has 0 unspecified atom stereocenters. The Balaban J connectivity index is 1.48. The molecule has 0 saturated carbocycles. The van der Waals surface area contributed by atoms with E-state index in [1.165, 1.54) is 13.0 Å². The van der Waals surface area contributed by atoms with Gasteiger partial charge < -0.3 is 15.4 Å². The molecule has 33 heavy (non-hydrogen) atoms. The Hall–Kier alpha value is -4.22. The number of carbonyl (C=O) groups is 2. The van der Waals surface area contributed by atoms with Crippen LogP contribution in [0, 0.1) is 0 Å². The van der Waals surface area contributed by atoms with Gasteiger partial charge in [-0.2, -0.15) is 4.99 Å². The molecule has 7 heteroatoms. The van der Waals surface area contributed by atoms with Gasteiger partial charge in [0.05, 0.1) is 0 Å². The number of hydrogen-bond acceptors (Lipinski definition) is 5. The van der Waals surface area contributed by atoms with E-state index in [1.807, 2.05) is 42.5 Å². The number of hydrogen-bond donors (Lipinski definition) is 2. The molecule has 3 aromatic carbocycles. The number of rotatable bonds is 7. The van der Waals surface area contributed by atoms with Crippen LogP contribution >= 0.6 is 0 Å². The summed E-state index contributed by atoms with van der Waals surface area (Å²) in [6.07, 6.45) is -0.0797. The predicted octanol–water partition coefficient (Wildman–Crippen LogP) is 4.06. The third-order valence-electron chi connectivity index (χ3n) is 5.60. The van der Waals surface area contributed by atoms with E-state index in [1.54, 1.807) is 24.3 Å². The van der Waals surface area contributed by atoms with Crippen molar-refractivity contribution in [2.45, 2.75) is 25.0 Å². The van der Waals surface area contributed by atoms with Crippen LogP contribution in [-0.2, 0) is 14.3 Å². The number of benzene rings is 3. The van der Waals surface area contributed by atoms with Crippen molar-refractivity contribution in [3.05, 3.63) is 95.6 Å². The standard InChI is InChI=1S/C26H23N3O4/c1-17(27-16-30)28-25(31)24(18-9-3-2-4-10-18)29-26(32)33-15-23-21-13-7-5-11-19(21)20-12-6-8-14-22(20)23/h2-14,17,23-24H,15H2,1H3,(H,28,31)(H,29,32)/t17-,24+/m0/s1. The smallest absolute Gasteiger partial charge is 0.408 e. The number of carbonyl (C=O) groups excluding carboxylic acids is 3. The van der Waals surface area contributed by atoms with E-state index in [-0.39, 0.29) is 12.5 Å². The van der Waals surface area contributed by atoms with E-state index >= 15 is 0 Å². The maximum Gasteiger partial charge on any atom is 0.408 e. The van der Waals surface area contributed by atoms with E-state index < -0.39 is 24.2 Å². The topological polar surface area (TPSA) is 96.9 Å². The first-order valence-corrected chi connectivity index (χ1v) is 10.6. The first-order valence-electron chi connectivity index (χ1n) is 10.6. The minimum Gasteiger partial charge on any atom is -0.449 e. The molecule has 0 saturated heterocycles. The number of nitrogens with one attached hydrogen (secondary N) is 2. The van der Waals surface area contributed by atoms with Crippen molar-refractivity contribution in [2.75, 3.05) is 6.61 Å². The van der Waals surface area contributed by atoms with Crippen molar-refractivity contribution in [2.24, 2.45) is 4.99 Å². The summed E-state index contributed by atoms with van der Waals surface area (Å²) < 4.78 is 5.58. The largest absolute Gasteiger partial charge is 0.449 e. The molecule has 1 aliphatic carbocycles. The average molecular weight is 441 g/mol. The van der Waals surface area contributed by atoms with Gasteiger partial charge in [0.25, 0.3) is 0 Å². The van der Waals surface area contributed by atoms with Gasteiger partial charge in [0.15, 0.2) is 0 Å². The number of isocyanates is 1. The van der Waals surface area contributed by atoms with Crippen LogP contribution < -0.4 is 10.6 Å². The van der Waals surface area contributed by atoms with Crippen LogP contribution in [-0.4, -0.2) is 30.9 Å². The Bertz CT molecular complexity index is 1160. The molecule has 0 aliphatic heterocycles. The van der Waals surface area contributed by atoms with Crippen LogP contribution in [0.5, 0.6) is 0 Å². The predicted molar refractivity (Wildman–Crippen MR) is 123 cm³/mol. The summed E-state index contributed by atoms with van der Waals surface area (Å²) in [6.45, 7) is 1.67. The zero-order chi connectivity index (χ0) is 23.2. The summed E-state index contributed by atoms with van der Waals surface area (Å²) in [5, 5.41) is 5.21. The second-order valence-electron chi connectivity index (χ2n) is 7.72. The molecule has 0 heterocycles. The monoisotopic (exact) mass is 441 g/mol. The van der Waals surface area contributed by atoms with Gasteiger partial charge in [0, 0.05) is 5.92 Å². The van der Waals surface area contributed by atoms with E-state index in [0.29, 0.717) is 5.56 Å². The molecule has 0 bridgehead atoms. The molecule has 0 radical (unpaired) electrons. The molecule has 4 rings (SSSR count). The Morgan fingerprint density at radius 1 is 0.909 bits per heavy atom. The van der Waals surface area contributed by atoms with Gasteiger partial charge in [0.2, 0.25) is 12.0 Å². The number of ether oxygens (including phenoxy) is 1. The van der Waals surface area contributed by atoms with Crippen LogP contribution in [0.1, 0.15) is 35.6 Å². The lowest BCUT2D eigenvalue weighted by atomic mass is 9.98. The number of aliphatic imine (C=N–C) groups is 1. The number of alkyl carbamates (subject to hydrolysis) is 1. The van der Waals surface area contributed by atoms with Gasteiger partial charge >= 0.3 is 6.09 Å². The molecule has 2 amide bonds. The lowest BCUT2D eigenvalue weighted by Gasteiger charge is -2.21. The third-order valence-corrected chi connectivity index (χ3v) is 5.60. The molecule has 166 valence electrons. The van der Waals surface area contributed by atoms with Crippen molar-refractivity contribution in [1.82, 2.24) is 10.6 Å². The Kier molecular flexibility index (Phi) is 6.62. The SMILES string of the molecule is C[C@@H](N=C=O)NC(=O)[C@H](NC(=O)OCC1c2ccccc2-c2ccccc21)c1ccccc1. The zero-order valence-corrected chi connectivity index (χ0v) is 18.0. The first-order chi connectivity index (χ1) is 16.1. The Morgan fingerprint density at radius 2 is 1.48 bits per heavy atom. The van der Waals surface area contributed by atoms with E-state index in [0.717, 1.165) is 22.3 Å². The van der Waals surface area contributed by atoms with Crippen molar-refractivity contribution in [1.29, 1.82) is 0 Å². The van der Waals surface area contributed by atoms with Crippen molar-refractivity contribution in [3.8, 4) is 11.1 Å². The summed E-state index contributed by atoms with van der Waals surface area (Å²) in [6, 6.07) is 23.9. The second kappa shape index (κ2) is 9.94. The number of fused-ring (bicyclic) bond motifs is 3. The van der Waals surface area contributed by atoms with E-state index in [9.17, 15) is 14.4 Å². The van der Waals surface area contributed by atoms with Crippen LogP contribution in [0.25, 0.3) is 11.1 Å². The average Bonchev–Trinajstić information content (AvgIpc) is 3.15. The molecule has 0 spiro atoms. The molecular weight excluding hydrogens is 418 g/mol. The third kappa shape index (κ3) is 4.84. The zero-order valence-electron chi connectivity index (χ0n) is 18.0. The molecule has 0 fully saturated rings. The van der Waals surface area contributed by atoms with Crippen LogP contribution in [0.3, 0.4) is 0 Å². The highest BCUT2D eigenvalue weighted by Crippen LogP contribution is 2.44. The molecule has 1 aliphatic rings. The minimum absolute atomic E-state index is 0.0888. The summed E-state index contributed by atoms with van der Waals surface area (Å²) in [4.78, 5) is 39.4. The Morgan fingerprint density at radius 3 is 2.09 bits per heavy atom. The summed E-state index contributed by atoms with van der Waals surface area (Å²) in [7, 11) is 0. The van der Waals surface area contributed by atoms with Gasteiger partial charge in [-0.05, 0) is 34.7 Å². The quantitative estimate of drug-likeness (QED) is 0.427. The highest BCUT2D eigenvalue weighted by atomic mass is 16.5. The molecule has 7 nitrogen and oxygen atoms in total. The van der Waals surface area contributed by atoms with Gasteiger partial charge in [0.1, 0.15) is 18.8 Å². The van der Waals surface area contributed by atoms with E-state index in [2.05, 4.69) is 27.8 Å². The van der Waals surface area contributed by atoms with Gasteiger partial charge in [-0.25, -0.2) is 9.59 Å². The summed E-state index contributed by atoms with van der Waals surface area (Å²) >= 11 is 0. The van der Waals surface area contributed by atoms with Crippen molar-refractivity contribution in [3.63, 3.8) is 0 Å². The maximum atomic E-state index is 12.8. The lowest BCUT2D eigenvalue weighted by Crippen LogP contribution is -2.43. The van der Waals surface area contributed by atoms with Crippen molar-refractivity contribution < 1.29 is 19.1 Å². The molecule has 3 aromatic rings. The van der Waals surface area contributed by atoms with Gasteiger partial charge in [-0.1, -0.05) is 78.9 Å². The number of nitrogens with zero attached hydrogens (tertiary/aromatic N) is 1. The molecular formula is C26H23N3O4. The van der Waals surface area contributed by atoms with Gasteiger partial charge in [-0.3, -0.25) is 4.79 Å². The van der Waals surface area contributed by atoms with Crippen LogP contribution in [0.15, 0.2) is 83.9 Å². The molecule has 0 aromatic heterocycles. The molecule has 2 atom stereocenters. The normalized spacial score (nSPS) is 13.6. The summed E-state index contributed by atoms with van der Waals surface area (Å²) in [5.74, 6) is -0.602. The second-order valence-corrected chi connectivity index (χ2v) is 7.72. The van der Waals surface area contributed by atoms with Crippen LogP contribution in [0.2, 0.25) is 0 Å². The summed E-state index contributed by atoms with van der Waals surface area (Å²) in [5.41, 5.74) is 5.04. The fourth-order valence-electron chi connectivity index (χ4n) is 4.10. The molecule has 2 N–H and O–H groups in total. The van der Waals surface area contributed by atoms with Crippen LogP contribution in [0.4, 0.5) is 4.79 Å². The first kappa shape index (κ1) is 22.0. The van der Waals surface area contributed by atoms with Gasteiger partial charge in [-0.15, -0.1) is 0 Å². The Labute approximate surface area is 191 Å². The fourth-order valence-corrected chi connectivity index (χ4v) is 4.10.